The highest BCUT2D eigenvalue weighted by Crippen LogP contribution is 2.58. The molecule has 2 amide bonds. The first-order valence-corrected chi connectivity index (χ1v) is 7.99. The molecular weight excluding hydrogens is 344 g/mol. The van der Waals surface area contributed by atoms with E-state index in [1.165, 1.54) is 19.2 Å². The molecule has 26 heavy (non-hydrogen) atoms. The zero-order chi connectivity index (χ0) is 18.9. The molecule has 2 bridgehead atoms. The molecule has 2 saturated heterocycles. The first kappa shape index (κ1) is 16.7. The molecule has 0 aliphatic carbocycles. The Kier molecular flexibility index (Phi) is 3.28. The molecule has 3 heterocycles. The summed E-state index contributed by atoms with van der Waals surface area (Å²) in [7, 11) is 1.30. The summed E-state index contributed by atoms with van der Waals surface area (Å²) in [5, 5.41) is 20.8. The zero-order valence-corrected chi connectivity index (χ0v) is 14.0. The summed E-state index contributed by atoms with van der Waals surface area (Å²) in [6.07, 6.45) is 3.34. The van der Waals surface area contributed by atoms with E-state index in [1.807, 2.05) is 0 Å². The van der Waals surface area contributed by atoms with Crippen LogP contribution in [0.4, 0.5) is 11.4 Å². The molecular formula is C17H16N2O7. The normalized spacial score (nSPS) is 34.5. The van der Waals surface area contributed by atoms with Crippen molar-refractivity contribution in [3.63, 3.8) is 0 Å². The quantitative estimate of drug-likeness (QED) is 0.365. The highest BCUT2D eigenvalue weighted by atomic mass is 16.6. The molecule has 0 spiro atoms. The number of nitro benzene ring substituents is 1. The SMILES string of the molecule is COc1cc([N+](=O)[O-])ccc1N1C(=O)[C@H]2[C@H](C1=O)[C@]1(C)C=C[C@]2(CO)O1. The van der Waals surface area contributed by atoms with E-state index in [4.69, 9.17) is 9.47 Å². The molecule has 0 aromatic heterocycles. The van der Waals surface area contributed by atoms with Crippen molar-refractivity contribution in [1.29, 1.82) is 0 Å². The van der Waals surface area contributed by atoms with Crippen LogP contribution in [0.25, 0.3) is 0 Å². The highest BCUT2D eigenvalue weighted by Gasteiger charge is 2.72. The predicted molar refractivity (Wildman–Crippen MR) is 87.6 cm³/mol. The Morgan fingerprint density at radius 1 is 1.31 bits per heavy atom. The monoisotopic (exact) mass is 360 g/mol. The summed E-state index contributed by atoms with van der Waals surface area (Å²) >= 11 is 0. The number of carbonyl (C=O) groups is 2. The molecule has 2 fully saturated rings. The first-order valence-electron chi connectivity index (χ1n) is 7.99. The van der Waals surface area contributed by atoms with E-state index >= 15 is 0 Å². The van der Waals surface area contributed by atoms with Crippen LogP contribution in [0.1, 0.15) is 6.92 Å². The Labute approximate surface area is 147 Å². The van der Waals surface area contributed by atoms with E-state index in [9.17, 15) is 24.8 Å². The summed E-state index contributed by atoms with van der Waals surface area (Å²) in [5.74, 6) is -2.57. The van der Waals surface area contributed by atoms with Crippen LogP contribution in [0.5, 0.6) is 5.75 Å². The average Bonchev–Trinajstić information content (AvgIpc) is 3.20. The van der Waals surface area contributed by atoms with E-state index in [-0.39, 0.29) is 17.1 Å². The van der Waals surface area contributed by atoms with Crippen LogP contribution in [-0.2, 0) is 14.3 Å². The smallest absolute Gasteiger partial charge is 0.273 e. The maximum Gasteiger partial charge on any atom is 0.273 e. The summed E-state index contributed by atoms with van der Waals surface area (Å²) in [6.45, 7) is 1.28. The van der Waals surface area contributed by atoms with E-state index < -0.39 is 46.4 Å². The summed E-state index contributed by atoms with van der Waals surface area (Å²) in [6, 6.07) is 3.69. The van der Waals surface area contributed by atoms with Gasteiger partial charge in [0.25, 0.3) is 5.69 Å². The van der Waals surface area contributed by atoms with Crippen LogP contribution < -0.4 is 9.64 Å². The summed E-state index contributed by atoms with van der Waals surface area (Å²) in [5.41, 5.74) is -2.29. The minimum Gasteiger partial charge on any atom is -0.494 e. The molecule has 1 N–H and O–H groups in total. The number of nitrogens with zero attached hydrogens (tertiary/aromatic N) is 2. The Morgan fingerprint density at radius 3 is 2.62 bits per heavy atom. The Hall–Kier alpha value is -2.78. The van der Waals surface area contributed by atoms with Crippen molar-refractivity contribution in [2.75, 3.05) is 18.6 Å². The number of rotatable bonds is 4. The average molecular weight is 360 g/mol. The van der Waals surface area contributed by atoms with Gasteiger partial charge in [-0.3, -0.25) is 19.7 Å². The van der Waals surface area contributed by atoms with Gasteiger partial charge in [0.1, 0.15) is 11.4 Å². The predicted octanol–water partition coefficient (Wildman–Crippen LogP) is 0.799. The van der Waals surface area contributed by atoms with E-state index in [0.29, 0.717) is 0 Å². The van der Waals surface area contributed by atoms with Gasteiger partial charge in [-0.1, -0.05) is 12.2 Å². The van der Waals surface area contributed by atoms with Crippen molar-refractivity contribution in [3.8, 4) is 5.75 Å². The molecule has 4 rings (SSSR count). The third-order valence-electron chi connectivity index (χ3n) is 5.42. The van der Waals surface area contributed by atoms with Gasteiger partial charge in [-0.15, -0.1) is 0 Å². The van der Waals surface area contributed by atoms with Gasteiger partial charge in [0.05, 0.1) is 47.8 Å². The van der Waals surface area contributed by atoms with E-state index in [2.05, 4.69) is 0 Å². The van der Waals surface area contributed by atoms with Crippen LogP contribution in [0.15, 0.2) is 30.4 Å². The summed E-state index contributed by atoms with van der Waals surface area (Å²) in [4.78, 5) is 37.5. The molecule has 136 valence electrons. The minimum atomic E-state index is -1.23. The van der Waals surface area contributed by atoms with E-state index in [1.54, 1.807) is 19.1 Å². The fourth-order valence-corrected chi connectivity index (χ4v) is 4.24. The Morgan fingerprint density at radius 2 is 2.00 bits per heavy atom. The highest BCUT2D eigenvalue weighted by molar-refractivity contribution is 6.24. The number of carbonyl (C=O) groups excluding carboxylic acids is 2. The summed E-state index contributed by atoms with van der Waals surface area (Å²) < 4.78 is 11.0. The largest absolute Gasteiger partial charge is 0.494 e. The standard InChI is InChI=1S/C17H16N2O7/c1-16-5-6-17(8-20,26-16)13-12(16)14(21)18(15(13)22)10-4-3-9(19(23)24)7-11(10)25-2/h3-7,12-13,20H,8H2,1-2H3/t12-,13-,16+,17-/m1/s1. The third-order valence-corrected chi connectivity index (χ3v) is 5.42. The molecule has 0 unspecified atom stereocenters. The zero-order valence-electron chi connectivity index (χ0n) is 14.0. The topological polar surface area (TPSA) is 119 Å². The number of aliphatic hydroxyl groups excluding tert-OH is 1. The van der Waals surface area contributed by atoms with Gasteiger partial charge in [-0.25, -0.2) is 4.90 Å². The number of amides is 2. The second kappa shape index (κ2) is 5.12. The molecule has 4 atom stereocenters. The molecule has 0 radical (unpaired) electrons. The number of hydrogen-bond acceptors (Lipinski definition) is 7. The van der Waals surface area contributed by atoms with Crippen molar-refractivity contribution in [2.45, 2.75) is 18.1 Å². The van der Waals surface area contributed by atoms with Crippen molar-refractivity contribution in [3.05, 3.63) is 40.5 Å². The number of anilines is 1. The van der Waals surface area contributed by atoms with Crippen LogP contribution in [0, 0.1) is 22.0 Å². The molecule has 1 aromatic carbocycles. The number of imide groups is 1. The van der Waals surface area contributed by atoms with Gasteiger partial charge in [-0.2, -0.15) is 0 Å². The number of benzene rings is 1. The van der Waals surface area contributed by atoms with Crippen molar-refractivity contribution in [1.82, 2.24) is 0 Å². The number of aliphatic hydroxyl groups is 1. The number of fused-ring (bicyclic) bond motifs is 5. The second-order valence-corrected chi connectivity index (χ2v) is 6.81. The number of ether oxygens (including phenoxy) is 2. The molecule has 0 saturated carbocycles. The van der Waals surface area contributed by atoms with Crippen molar-refractivity contribution in [2.24, 2.45) is 11.8 Å². The van der Waals surface area contributed by atoms with Gasteiger partial charge in [0.2, 0.25) is 11.8 Å². The molecule has 3 aliphatic heterocycles. The molecule has 3 aliphatic rings. The first-order chi connectivity index (χ1) is 12.3. The lowest BCUT2D eigenvalue weighted by molar-refractivity contribution is -0.384. The van der Waals surface area contributed by atoms with Crippen LogP contribution in [0.2, 0.25) is 0 Å². The maximum atomic E-state index is 13.1. The maximum absolute atomic E-state index is 13.1. The number of methoxy groups -OCH3 is 1. The lowest BCUT2D eigenvalue weighted by Crippen LogP contribution is -2.43. The van der Waals surface area contributed by atoms with E-state index in [0.717, 1.165) is 11.0 Å². The van der Waals surface area contributed by atoms with Gasteiger partial charge in [0.15, 0.2) is 0 Å². The minimum absolute atomic E-state index is 0.0466. The fourth-order valence-electron chi connectivity index (χ4n) is 4.24. The van der Waals surface area contributed by atoms with Crippen molar-refractivity contribution >= 4 is 23.2 Å². The van der Waals surface area contributed by atoms with Gasteiger partial charge in [-0.05, 0) is 13.0 Å². The van der Waals surface area contributed by atoms with Crippen LogP contribution >= 0.6 is 0 Å². The molecule has 9 heteroatoms. The van der Waals surface area contributed by atoms with Gasteiger partial charge in [0, 0.05) is 6.07 Å². The Balaban J connectivity index is 1.81. The molecule has 1 aromatic rings. The van der Waals surface area contributed by atoms with Crippen LogP contribution in [-0.4, -0.2) is 46.8 Å². The lowest BCUT2D eigenvalue weighted by Gasteiger charge is -2.27. The molecule has 9 nitrogen and oxygen atoms in total. The fraction of sp³-hybridized carbons (Fsp3) is 0.412. The van der Waals surface area contributed by atoms with Gasteiger partial charge < -0.3 is 14.6 Å². The number of hydrogen-bond donors (Lipinski definition) is 1. The third kappa shape index (κ3) is 1.86. The Bertz CT molecular complexity index is 882. The number of nitro groups is 1. The number of non-ortho nitro benzene ring substituents is 1. The van der Waals surface area contributed by atoms with Gasteiger partial charge >= 0.3 is 0 Å². The van der Waals surface area contributed by atoms with Crippen LogP contribution in [0.3, 0.4) is 0 Å². The second-order valence-electron chi connectivity index (χ2n) is 6.81. The lowest BCUT2D eigenvalue weighted by atomic mass is 9.73. The van der Waals surface area contributed by atoms with Crippen molar-refractivity contribution < 1.29 is 29.1 Å².